The monoisotopic (exact) mass is 537 g/mol. The van der Waals surface area contributed by atoms with Crippen LogP contribution in [0.1, 0.15) is 34.5 Å². The van der Waals surface area contributed by atoms with Gasteiger partial charge in [0, 0.05) is 32.1 Å². The minimum Gasteiger partial charge on any atom is -0.506 e. The number of carbonyl (C=O) groups is 5. The van der Waals surface area contributed by atoms with Crippen LogP contribution < -0.4 is 10.6 Å². The Morgan fingerprint density at radius 3 is 2.41 bits per heavy atom. The minimum absolute atomic E-state index is 0.0442. The number of amides is 1. The van der Waals surface area contributed by atoms with Crippen molar-refractivity contribution in [1.29, 1.82) is 0 Å². The Kier molecular flexibility index (Phi) is 6.27. The molecule has 0 radical (unpaired) electrons. The molecule has 0 bridgehead atoms. The highest BCUT2D eigenvalue weighted by Crippen LogP contribution is 2.52. The third kappa shape index (κ3) is 3.90. The molecule has 3 aliphatic carbocycles. The summed E-state index contributed by atoms with van der Waals surface area (Å²) in [5.74, 6) is -9.42. The summed E-state index contributed by atoms with van der Waals surface area (Å²) in [6.07, 6.45) is -0.121. The summed E-state index contributed by atoms with van der Waals surface area (Å²) >= 11 is 0. The number of rotatable bonds is 5. The van der Waals surface area contributed by atoms with Crippen molar-refractivity contribution in [3.05, 3.63) is 35.1 Å². The first-order valence-electron chi connectivity index (χ1n) is 12.7. The summed E-state index contributed by atoms with van der Waals surface area (Å²) in [5, 5.41) is 22.8. The predicted octanol–water partition coefficient (Wildman–Crippen LogP) is 0.715. The van der Waals surface area contributed by atoms with Crippen LogP contribution in [-0.4, -0.2) is 77.9 Å². The SMILES string of the molecule is CN(C)Cc1ccc(-c2cc(N(C)C)c3c(c2O)C(=O)C2C(=O)[C@]4(O)C(=O)C(C(N)=O)C(=O)C[C@@H]4C[C@@H]2C3)o1. The number of aliphatic hydroxyl groups is 1. The number of phenolic OH excluding ortho intramolecular Hbond substituents is 1. The molecule has 0 saturated heterocycles. The van der Waals surface area contributed by atoms with Crippen LogP contribution in [0.25, 0.3) is 11.3 Å². The number of hydrogen-bond acceptors (Lipinski definition) is 10. The van der Waals surface area contributed by atoms with Crippen LogP contribution in [-0.2, 0) is 32.1 Å². The van der Waals surface area contributed by atoms with Gasteiger partial charge in [-0.2, -0.15) is 0 Å². The highest BCUT2D eigenvalue weighted by molar-refractivity contribution is 6.31. The number of nitrogens with two attached hydrogens (primary N) is 1. The molecule has 11 nitrogen and oxygen atoms in total. The second-order valence-electron chi connectivity index (χ2n) is 11.3. The molecule has 0 spiro atoms. The third-order valence-electron chi connectivity index (χ3n) is 8.26. The van der Waals surface area contributed by atoms with E-state index in [-0.39, 0.29) is 36.1 Å². The first-order chi connectivity index (χ1) is 18.3. The highest BCUT2D eigenvalue weighted by Gasteiger charge is 2.66. The zero-order chi connectivity index (χ0) is 28.5. The largest absolute Gasteiger partial charge is 0.506 e. The first-order valence-corrected chi connectivity index (χ1v) is 12.7. The maximum atomic E-state index is 14.0. The molecular weight excluding hydrogens is 506 g/mol. The number of furan rings is 1. The summed E-state index contributed by atoms with van der Waals surface area (Å²) in [7, 11) is 7.35. The lowest BCUT2D eigenvalue weighted by molar-refractivity contribution is -0.175. The Bertz CT molecular complexity index is 1440. The summed E-state index contributed by atoms with van der Waals surface area (Å²) in [6.45, 7) is 0.520. The number of primary amides is 1. The molecule has 3 aliphatic rings. The van der Waals surface area contributed by atoms with E-state index in [1.54, 1.807) is 37.2 Å². The molecule has 4 N–H and O–H groups in total. The molecule has 1 heterocycles. The van der Waals surface area contributed by atoms with Crippen LogP contribution in [0.5, 0.6) is 5.75 Å². The number of carbonyl (C=O) groups excluding carboxylic acids is 5. The van der Waals surface area contributed by atoms with Gasteiger partial charge in [-0.25, -0.2) is 0 Å². The minimum atomic E-state index is -2.68. The fourth-order valence-electron chi connectivity index (χ4n) is 6.52. The van der Waals surface area contributed by atoms with Crippen molar-refractivity contribution in [3.63, 3.8) is 0 Å². The fraction of sp³-hybridized carbons (Fsp3) is 0.464. The molecule has 0 aliphatic heterocycles. The van der Waals surface area contributed by atoms with Crippen molar-refractivity contribution in [2.45, 2.75) is 31.4 Å². The van der Waals surface area contributed by atoms with Gasteiger partial charge < -0.3 is 30.2 Å². The Balaban J connectivity index is 1.62. The van der Waals surface area contributed by atoms with Crippen molar-refractivity contribution in [1.82, 2.24) is 4.90 Å². The van der Waals surface area contributed by atoms with Gasteiger partial charge in [0.25, 0.3) is 0 Å². The van der Waals surface area contributed by atoms with Gasteiger partial charge in [0.15, 0.2) is 34.7 Å². The smallest absolute Gasteiger partial charge is 0.235 e. The number of ketones is 4. The van der Waals surface area contributed by atoms with E-state index in [4.69, 9.17) is 10.2 Å². The van der Waals surface area contributed by atoms with Crippen molar-refractivity contribution in [3.8, 4) is 17.1 Å². The number of anilines is 1. The second kappa shape index (κ2) is 9.13. The summed E-state index contributed by atoms with van der Waals surface area (Å²) in [5.41, 5.74) is 3.95. The Morgan fingerprint density at radius 2 is 1.79 bits per heavy atom. The number of hydrogen-bond donors (Lipinski definition) is 3. The second-order valence-corrected chi connectivity index (χ2v) is 11.3. The van der Waals surface area contributed by atoms with E-state index < -0.39 is 58.3 Å². The molecule has 206 valence electrons. The summed E-state index contributed by atoms with van der Waals surface area (Å²) in [4.78, 5) is 68.9. The molecule has 2 aromatic rings. The summed E-state index contributed by atoms with van der Waals surface area (Å²) < 4.78 is 5.94. The number of fused-ring (bicyclic) bond motifs is 3. The molecule has 2 fully saturated rings. The van der Waals surface area contributed by atoms with E-state index in [9.17, 15) is 34.2 Å². The van der Waals surface area contributed by atoms with Gasteiger partial charge in [-0.05, 0) is 56.6 Å². The third-order valence-corrected chi connectivity index (χ3v) is 8.26. The lowest BCUT2D eigenvalue weighted by Gasteiger charge is -2.48. The number of aromatic hydroxyl groups is 1. The molecule has 2 unspecified atom stereocenters. The summed E-state index contributed by atoms with van der Waals surface area (Å²) in [6, 6.07) is 5.19. The van der Waals surface area contributed by atoms with Crippen LogP contribution in [0.3, 0.4) is 0 Å². The van der Waals surface area contributed by atoms with E-state index >= 15 is 0 Å². The van der Waals surface area contributed by atoms with E-state index in [2.05, 4.69) is 0 Å². The molecule has 1 aromatic heterocycles. The van der Waals surface area contributed by atoms with E-state index in [1.807, 2.05) is 19.0 Å². The normalized spacial score (nSPS) is 28.3. The standard InChI is InChI=1S/C28H31N3O8/c1-30(2)11-14-5-6-19(39-14)16-10-17(31(3)4)15-8-12-7-13-9-18(32)22(27(29)37)26(36)28(13,38)25(35)20(12)24(34)21(15)23(16)33/h5-6,10,12-13,20,22,33,38H,7-9,11H2,1-4H3,(H2,29,37)/t12-,13+,20?,22?,28+/m1/s1. The zero-order valence-electron chi connectivity index (χ0n) is 22.2. The molecule has 5 atom stereocenters. The Hall–Kier alpha value is -3.83. The van der Waals surface area contributed by atoms with Crippen molar-refractivity contribution in [2.24, 2.45) is 29.4 Å². The number of phenols is 1. The molecular formula is C28H31N3O8. The average Bonchev–Trinajstić information content (AvgIpc) is 3.28. The number of nitrogens with zero attached hydrogens (tertiary/aromatic N) is 2. The molecule has 5 rings (SSSR count). The van der Waals surface area contributed by atoms with Gasteiger partial charge >= 0.3 is 0 Å². The van der Waals surface area contributed by atoms with Gasteiger partial charge in [0.05, 0.1) is 23.6 Å². The molecule has 1 amide bonds. The fourth-order valence-corrected chi connectivity index (χ4v) is 6.52. The van der Waals surface area contributed by atoms with Gasteiger partial charge in [-0.15, -0.1) is 0 Å². The van der Waals surface area contributed by atoms with Crippen molar-refractivity contribution in [2.75, 3.05) is 33.1 Å². The lowest BCUT2D eigenvalue weighted by atomic mass is 9.53. The van der Waals surface area contributed by atoms with E-state index in [1.165, 1.54) is 0 Å². The Morgan fingerprint density at radius 1 is 1.10 bits per heavy atom. The van der Waals surface area contributed by atoms with Crippen molar-refractivity contribution >= 4 is 34.7 Å². The van der Waals surface area contributed by atoms with Crippen LogP contribution in [0.15, 0.2) is 22.6 Å². The van der Waals surface area contributed by atoms with Crippen molar-refractivity contribution < 1.29 is 38.6 Å². The van der Waals surface area contributed by atoms with Gasteiger partial charge in [0.2, 0.25) is 5.91 Å². The quantitative estimate of drug-likeness (QED) is 0.461. The van der Waals surface area contributed by atoms with Crippen LogP contribution in [0.4, 0.5) is 5.69 Å². The first kappa shape index (κ1) is 26.8. The van der Waals surface area contributed by atoms with Crippen LogP contribution >= 0.6 is 0 Å². The Labute approximate surface area is 224 Å². The van der Waals surface area contributed by atoms with E-state index in [0.717, 1.165) is 0 Å². The molecule has 11 heteroatoms. The maximum absolute atomic E-state index is 14.0. The number of benzene rings is 1. The van der Waals surface area contributed by atoms with Gasteiger partial charge in [0.1, 0.15) is 17.3 Å². The van der Waals surface area contributed by atoms with Crippen LogP contribution in [0.2, 0.25) is 0 Å². The topological polar surface area (TPSA) is 171 Å². The van der Waals surface area contributed by atoms with E-state index in [0.29, 0.717) is 29.3 Å². The number of Topliss-reactive ketones (excluding diaryl/α,β-unsaturated/α-hetero) is 4. The average molecular weight is 538 g/mol. The molecule has 2 saturated carbocycles. The van der Waals surface area contributed by atoms with Crippen LogP contribution in [0, 0.1) is 23.7 Å². The van der Waals surface area contributed by atoms with Gasteiger partial charge in [-0.3, -0.25) is 24.0 Å². The molecule has 1 aromatic carbocycles. The maximum Gasteiger partial charge on any atom is 0.235 e. The molecule has 39 heavy (non-hydrogen) atoms. The highest BCUT2D eigenvalue weighted by atomic mass is 16.3. The zero-order valence-corrected chi connectivity index (χ0v) is 22.2. The van der Waals surface area contributed by atoms with Gasteiger partial charge in [-0.1, -0.05) is 0 Å². The predicted molar refractivity (Wildman–Crippen MR) is 138 cm³/mol. The lowest BCUT2D eigenvalue weighted by Crippen LogP contribution is -2.68.